The highest BCUT2D eigenvalue weighted by Gasteiger charge is 2.27. The van der Waals surface area contributed by atoms with E-state index >= 15 is 0 Å². The van der Waals surface area contributed by atoms with Crippen molar-refractivity contribution in [3.63, 3.8) is 0 Å². The molecule has 0 aliphatic carbocycles. The molecule has 0 spiro atoms. The molecule has 1 aromatic carbocycles. The van der Waals surface area contributed by atoms with E-state index < -0.39 is 5.41 Å². The highest BCUT2D eigenvalue weighted by molar-refractivity contribution is 5.76. The third-order valence-corrected chi connectivity index (χ3v) is 2.63. The van der Waals surface area contributed by atoms with E-state index in [0.29, 0.717) is 13.0 Å². The molecule has 0 fully saturated rings. The van der Waals surface area contributed by atoms with Crippen molar-refractivity contribution in [1.82, 2.24) is 0 Å². The molecule has 0 saturated heterocycles. The zero-order valence-corrected chi connectivity index (χ0v) is 12.8. The quantitative estimate of drug-likeness (QED) is 0.565. The first-order valence-electron chi connectivity index (χ1n) is 6.88. The van der Waals surface area contributed by atoms with Gasteiger partial charge in [-0.2, -0.15) is 0 Å². The summed E-state index contributed by atoms with van der Waals surface area (Å²) < 4.78 is 5.32. The van der Waals surface area contributed by atoms with Crippen LogP contribution in [0.3, 0.4) is 0 Å². The van der Waals surface area contributed by atoms with E-state index in [0.717, 1.165) is 5.56 Å². The van der Waals surface area contributed by atoms with Crippen molar-refractivity contribution in [2.75, 3.05) is 0 Å². The highest BCUT2D eigenvalue weighted by atomic mass is 16.5. The van der Waals surface area contributed by atoms with Crippen LogP contribution < -0.4 is 0 Å². The number of allylic oxidation sites excluding steroid dienone is 2. The molecular formula is C17H26O2. The second kappa shape index (κ2) is 9.37. The zero-order valence-electron chi connectivity index (χ0n) is 12.8. The summed E-state index contributed by atoms with van der Waals surface area (Å²) in [5.41, 5.74) is 0.559. The largest absolute Gasteiger partial charge is 0.460 e. The van der Waals surface area contributed by atoms with Crippen LogP contribution in [0.4, 0.5) is 0 Å². The molecule has 2 heteroatoms. The summed E-state index contributed by atoms with van der Waals surface area (Å²) in [6.45, 7) is 10.1. The maximum atomic E-state index is 11.9. The summed E-state index contributed by atoms with van der Waals surface area (Å²) in [6.07, 6.45) is 4.65. The Hall–Kier alpha value is -1.57. The average Bonchev–Trinajstić information content (AvgIpc) is 2.45. The fraction of sp³-hybridized carbons (Fsp3) is 0.471. The van der Waals surface area contributed by atoms with E-state index in [2.05, 4.69) is 0 Å². The lowest BCUT2D eigenvalue weighted by molar-refractivity contribution is -0.155. The Morgan fingerprint density at radius 2 is 1.79 bits per heavy atom. The lowest BCUT2D eigenvalue weighted by Gasteiger charge is -2.20. The van der Waals surface area contributed by atoms with E-state index in [4.69, 9.17) is 4.74 Å². The molecule has 0 aliphatic heterocycles. The van der Waals surface area contributed by atoms with Crippen LogP contribution in [-0.2, 0) is 16.1 Å². The van der Waals surface area contributed by atoms with Crippen LogP contribution in [0.15, 0.2) is 42.5 Å². The molecule has 0 bridgehead atoms. The predicted octanol–water partition coefficient (Wildman–Crippen LogP) is 4.75. The number of carbonyl (C=O) groups excluding carboxylic acids is 1. The van der Waals surface area contributed by atoms with Crippen molar-refractivity contribution in [2.24, 2.45) is 5.41 Å². The van der Waals surface area contributed by atoms with Gasteiger partial charge in [-0.3, -0.25) is 4.79 Å². The molecule has 0 saturated carbocycles. The summed E-state index contributed by atoms with van der Waals surface area (Å²) in [7, 11) is 0. The molecular weight excluding hydrogens is 236 g/mol. The van der Waals surface area contributed by atoms with E-state index in [-0.39, 0.29) is 5.97 Å². The van der Waals surface area contributed by atoms with Crippen LogP contribution >= 0.6 is 0 Å². The molecule has 0 unspecified atom stereocenters. The van der Waals surface area contributed by atoms with Crippen molar-refractivity contribution in [3.8, 4) is 0 Å². The molecule has 2 nitrogen and oxygen atoms in total. The molecule has 0 aromatic heterocycles. The summed E-state index contributed by atoms with van der Waals surface area (Å²) in [5, 5.41) is 0. The average molecular weight is 262 g/mol. The fourth-order valence-electron chi connectivity index (χ4n) is 1.41. The van der Waals surface area contributed by atoms with Crippen molar-refractivity contribution in [1.29, 1.82) is 0 Å². The number of carbonyl (C=O) groups is 1. The number of rotatable bonds is 5. The Bertz CT molecular complexity index is 378. The normalized spacial score (nSPS) is 10.8. The topological polar surface area (TPSA) is 26.3 Å². The molecule has 19 heavy (non-hydrogen) atoms. The van der Waals surface area contributed by atoms with Gasteiger partial charge in [-0.25, -0.2) is 0 Å². The lowest BCUT2D eigenvalue weighted by atomic mass is 9.89. The van der Waals surface area contributed by atoms with E-state index in [9.17, 15) is 4.79 Å². The Morgan fingerprint density at radius 1 is 1.21 bits per heavy atom. The number of benzene rings is 1. The Balaban J connectivity index is 0.00000154. The van der Waals surface area contributed by atoms with Gasteiger partial charge in [-0.15, -0.1) is 0 Å². The van der Waals surface area contributed by atoms with Gasteiger partial charge < -0.3 is 4.74 Å². The third kappa shape index (κ3) is 6.80. The highest BCUT2D eigenvalue weighted by Crippen LogP contribution is 2.23. The zero-order chi connectivity index (χ0) is 14.7. The van der Waals surface area contributed by atoms with E-state index in [1.807, 2.05) is 77.1 Å². The maximum absolute atomic E-state index is 11.9. The number of esters is 1. The molecule has 0 radical (unpaired) electrons. The third-order valence-electron chi connectivity index (χ3n) is 2.63. The predicted molar refractivity (Wildman–Crippen MR) is 80.8 cm³/mol. The van der Waals surface area contributed by atoms with Gasteiger partial charge in [0.05, 0.1) is 5.41 Å². The number of hydrogen-bond acceptors (Lipinski definition) is 2. The van der Waals surface area contributed by atoms with Crippen LogP contribution in [0.25, 0.3) is 0 Å². The smallest absolute Gasteiger partial charge is 0.312 e. The fourth-order valence-corrected chi connectivity index (χ4v) is 1.41. The SMILES string of the molecule is C/C=C/CC(C)(C)C(=O)OCc1ccccc1.CC. The molecule has 0 N–H and O–H groups in total. The van der Waals surface area contributed by atoms with Crippen molar-refractivity contribution < 1.29 is 9.53 Å². The monoisotopic (exact) mass is 262 g/mol. The molecule has 1 aromatic rings. The number of ether oxygens (including phenoxy) is 1. The Morgan fingerprint density at radius 3 is 2.32 bits per heavy atom. The van der Waals surface area contributed by atoms with E-state index in [1.165, 1.54) is 0 Å². The summed E-state index contributed by atoms with van der Waals surface area (Å²) in [4.78, 5) is 11.9. The van der Waals surface area contributed by atoms with Gasteiger partial charge in [-0.1, -0.05) is 56.3 Å². The van der Waals surface area contributed by atoms with Gasteiger partial charge in [0.1, 0.15) is 6.61 Å². The van der Waals surface area contributed by atoms with Gasteiger partial charge in [-0.05, 0) is 32.8 Å². The summed E-state index contributed by atoms with van der Waals surface area (Å²) in [6, 6.07) is 9.72. The van der Waals surface area contributed by atoms with Crippen LogP contribution in [0.5, 0.6) is 0 Å². The molecule has 0 aliphatic rings. The second-order valence-electron chi connectivity index (χ2n) is 4.72. The standard InChI is InChI=1S/C15H20O2.C2H6/c1-4-5-11-15(2,3)14(16)17-12-13-9-7-6-8-10-13;1-2/h4-10H,11-12H2,1-3H3;1-2H3/b5-4+;. The van der Waals surface area contributed by atoms with Crippen LogP contribution in [0, 0.1) is 5.41 Å². The van der Waals surface area contributed by atoms with Crippen molar-refractivity contribution in [3.05, 3.63) is 48.0 Å². The number of hydrogen-bond donors (Lipinski definition) is 0. The van der Waals surface area contributed by atoms with Crippen molar-refractivity contribution >= 4 is 5.97 Å². The first-order valence-corrected chi connectivity index (χ1v) is 6.88. The molecule has 0 atom stereocenters. The van der Waals surface area contributed by atoms with Crippen LogP contribution in [0.1, 0.15) is 46.6 Å². The molecule has 0 amide bonds. The minimum atomic E-state index is -0.457. The lowest BCUT2D eigenvalue weighted by Crippen LogP contribution is -2.25. The van der Waals surface area contributed by atoms with Crippen LogP contribution in [-0.4, -0.2) is 5.97 Å². The minimum Gasteiger partial charge on any atom is -0.460 e. The van der Waals surface area contributed by atoms with Gasteiger partial charge >= 0.3 is 5.97 Å². The summed E-state index contributed by atoms with van der Waals surface area (Å²) in [5.74, 6) is -0.153. The Kier molecular flexibility index (Phi) is 8.60. The minimum absolute atomic E-state index is 0.153. The molecule has 0 heterocycles. The van der Waals surface area contributed by atoms with Gasteiger partial charge in [0.25, 0.3) is 0 Å². The molecule has 1 rings (SSSR count). The van der Waals surface area contributed by atoms with Gasteiger partial charge in [0.15, 0.2) is 0 Å². The van der Waals surface area contributed by atoms with Gasteiger partial charge in [0.2, 0.25) is 0 Å². The first-order chi connectivity index (χ1) is 9.06. The van der Waals surface area contributed by atoms with Gasteiger partial charge in [0, 0.05) is 0 Å². The Labute approximate surface area is 117 Å². The van der Waals surface area contributed by atoms with Crippen LogP contribution in [0.2, 0.25) is 0 Å². The van der Waals surface area contributed by atoms with E-state index in [1.54, 1.807) is 0 Å². The summed E-state index contributed by atoms with van der Waals surface area (Å²) >= 11 is 0. The van der Waals surface area contributed by atoms with Crippen molar-refractivity contribution in [2.45, 2.75) is 47.6 Å². The first kappa shape index (κ1) is 17.4. The second-order valence-corrected chi connectivity index (χ2v) is 4.72. The maximum Gasteiger partial charge on any atom is 0.312 e. The molecule has 106 valence electrons.